The molecule has 1 N–H and O–H groups in total. The van der Waals surface area contributed by atoms with E-state index in [0.29, 0.717) is 28.2 Å². The van der Waals surface area contributed by atoms with E-state index in [-0.39, 0.29) is 11.5 Å². The maximum atomic E-state index is 12.5. The lowest BCUT2D eigenvalue weighted by Gasteiger charge is -2.04. The van der Waals surface area contributed by atoms with Crippen LogP contribution in [-0.4, -0.2) is 22.0 Å². The maximum absolute atomic E-state index is 12.5. The van der Waals surface area contributed by atoms with Gasteiger partial charge in [-0.05, 0) is 25.3 Å². The van der Waals surface area contributed by atoms with Crippen LogP contribution in [0.1, 0.15) is 48.3 Å². The number of nitrogens with one attached hydrogen (secondary N) is 1. The lowest BCUT2D eigenvalue weighted by molar-refractivity contribution is 0.0957. The number of hydrogen-bond acceptors (Lipinski definition) is 4. The lowest BCUT2D eigenvalue weighted by atomic mass is 10.2. The van der Waals surface area contributed by atoms with Gasteiger partial charge in [-0.15, -0.1) is 11.3 Å². The van der Waals surface area contributed by atoms with Gasteiger partial charge in [0.2, 0.25) is 0 Å². The summed E-state index contributed by atoms with van der Waals surface area (Å²) in [6.45, 7) is 7.23. The molecule has 2 aromatic rings. The van der Waals surface area contributed by atoms with Gasteiger partial charge in [0, 0.05) is 13.1 Å². The molecule has 0 spiro atoms. The number of hydrogen-bond donors (Lipinski definition) is 1. The van der Waals surface area contributed by atoms with E-state index in [1.54, 1.807) is 10.9 Å². The van der Waals surface area contributed by atoms with Crippen molar-refractivity contribution in [1.29, 1.82) is 0 Å². The number of rotatable bonds is 6. The monoisotopic (exact) mass is 307 g/mol. The van der Waals surface area contributed by atoms with E-state index in [0.717, 1.165) is 24.8 Å². The van der Waals surface area contributed by atoms with Crippen LogP contribution in [0.2, 0.25) is 0 Å². The Kier molecular flexibility index (Phi) is 5.12. The Balaban J connectivity index is 2.44. The molecule has 0 aliphatic heterocycles. The summed E-state index contributed by atoms with van der Waals surface area (Å²) >= 11 is 1.29. The zero-order chi connectivity index (χ0) is 15.4. The van der Waals surface area contributed by atoms with Gasteiger partial charge in [-0.1, -0.05) is 20.3 Å². The van der Waals surface area contributed by atoms with E-state index < -0.39 is 0 Å². The molecule has 5 nitrogen and oxygen atoms in total. The number of nitrogens with zero attached hydrogens (tertiary/aromatic N) is 2. The predicted molar refractivity (Wildman–Crippen MR) is 86.1 cm³/mol. The second-order valence-corrected chi connectivity index (χ2v) is 6.09. The summed E-state index contributed by atoms with van der Waals surface area (Å²) in [6.07, 6.45) is 4.44. The van der Waals surface area contributed by atoms with Crippen molar-refractivity contribution in [3.05, 3.63) is 27.1 Å². The van der Waals surface area contributed by atoms with Gasteiger partial charge < -0.3 is 5.32 Å². The van der Waals surface area contributed by atoms with Crippen LogP contribution in [0.25, 0.3) is 10.2 Å². The minimum Gasteiger partial charge on any atom is -0.351 e. The maximum Gasteiger partial charge on any atom is 0.262 e. The molecule has 0 saturated heterocycles. The van der Waals surface area contributed by atoms with Crippen molar-refractivity contribution < 1.29 is 4.79 Å². The summed E-state index contributed by atoms with van der Waals surface area (Å²) < 4.78 is 1.64. The highest BCUT2D eigenvalue weighted by atomic mass is 32.1. The third-order valence-electron chi connectivity index (χ3n) is 3.41. The van der Waals surface area contributed by atoms with Crippen LogP contribution in [0.3, 0.4) is 0 Å². The zero-order valence-corrected chi connectivity index (χ0v) is 13.5. The van der Waals surface area contributed by atoms with Crippen molar-refractivity contribution in [3.8, 4) is 0 Å². The number of aromatic nitrogens is 2. The fraction of sp³-hybridized carbons (Fsp3) is 0.533. The first-order valence-corrected chi connectivity index (χ1v) is 8.18. The first-order chi connectivity index (χ1) is 10.1. The zero-order valence-electron chi connectivity index (χ0n) is 12.7. The lowest BCUT2D eigenvalue weighted by Crippen LogP contribution is -2.24. The van der Waals surface area contributed by atoms with Crippen LogP contribution in [0, 0.1) is 6.92 Å². The van der Waals surface area contributed by atoms with Gasteiger partial charge in [-0.2, -0.15) is 0 Å². The van der Waals surface area contributed by atoms with Gasteiger partial charge in [-0.25, -0.2) is 4.98 Å². The van der Waals surface area contributed by atoms with E-state index in [4.69, 9.17) is 0 Å². The summed E-state index contributed by atoms with van der Waals surface area (Å²) in [5.74, 6) is -0.114. The Morgan fingerprint density at radius 3 is 2.81 bits per heavy atom. The van der Waals surface area contributed by atoms with Crippen molar-refractivity contribution in [1.82, 2.24) is 14.9 Å². The molecule has 2 rings (SSSR count). The second kappa shape index (κ2) is 6.85. The topological polar surface area (TPSA) is 64.0 Å². The third kappa shape index (κ3) is 3.15. The summed E-state index contributed by atoms with van der Waals surface area (Å²) in [4.78, 5) is 30.2. The van der Waals surface area contributed by atoms with Gasteiger partial charge in [0.25, 0.3) is 11.5 Å². The summed E-state index contributed by atoms with van der Waals surface area (Å²) in [6, 6.07) is 0. The average molecular weight is 307 g/mol. The molecule has 21 heavy (non-hydrogen) atoms. The van der Waals surface area contributed by atoms with Crippen LogP contribution in [0.15, 0.2) is 11.1 Å². The molecule has 2 aromatic heterocycles. The van der Waals surface area contributed by atoms with Crippen LogP contribution in [-0.2, 0) is 6.54 Å². The smallest absolute Gasteiger partial charge is 0.262 e. The molecule has 1 amide bonds. The van der Waals surface area contributed by atoms with Crippen molar-refractivity contribution in [2.24, 2.45) is 0 Å². The van der Waals surface area contributed by atoms with Crippen molar-refractivity contribution >= 4 is 27.5 Å². The number of unbranched alkanes of at least 4 members (excludes halogenated alkanes) is 1. The van der Waals surface area contributed by atoms with E-state index in [1.807, 2.05) is 13.8 Å². The number of fused-ring (bicyclic) bond motifs is 1. The molecule has 0 fully saturated rings. The van der Waals surface area contributed by atoms with Crippen LogP contribution in [0.4, 0.5) is 0 Å². The molecular weight excluding hydrogens is 286 g/mol. The summed E-state index contributed by atoms with van der Waals surface area (Å²) in [7, 11) is 0. The number of carbonyl (C=O) groups excluding carboxylic acids is 1. The van der Waals surface area contributed by atoms with Gasteiger partial charge in [-0.3, -0.25) is 14.2 Å². The standard InChI is InChI=1S/C15H21N3O2S/c1-4-6-8-18-9-17-14-11(15(18)20)10(3)12(21-14)13(19)16-7-5-2/h9H,4-8H2,1-3H3,(H,16,19). The Morgan fingerprint density at radius 2 is 2.14 bits per heavy atom. The minimum absolute atomic E-state index is 0.0447. The number of carbonyl (C=O) groups is 1. The SMILES string of the molecule is CCCCn1cnc2sc(C(=O)NCCC)c(C)c2c1=O. The first kappa shape index (κ1) is 15.7. The second-order valence-electron chi connectivity index (χ2n) is 5.09. The molecule has 0 aliphatic carbocycles. The molecule has 0 bridgehead atoms. The van der Waals surface area contributed by atoms with Crippen molar-refractivity contribution in [3.63, 3.8) is 0 Å². The molecule has 114 valence electrons. The van der Waals surface area contributed by atoms with Crippen molar-refractivity contribution in [2.75, 3.05) is 6.54 Å². The summed E-state index contributed by atoms with van der Waals surface area (Å²) in [5.41, 5.74) is 0.698. The third-order valence-corrected chi connectivity index (χ3v) is 4.61. The fourth-order valence-electron chi connectivity index (χ4n) is 2.18. The largest absolute Gasteiger partial charge is 0.351 e. The van der Waals surface area contributed by atoms with Gasteiger partial charge in [0.1, 0.15) is 4.83 Å². The highest BCUT2D eigenvalue weighted by Crippen LogP contribution is 2.26. The molecule has 0 unspecified atom stereocenters. The van der Waals surface area contributed by atoms with Crippen LogP contribution < -0.4 is 10.9 Å². The number of aryl methyl sites for hydroxylation is 2. The number of amides is 1. The molecule has 0 radical (unpaired) electrons. The molecule has 0 saturated carbocycles. The highest BCUT2D eigenvalue weighted by molar-refractivity contribution is 7.20. The first-order valence-electron chi connectivity index (χ1n) is 7.36. The quantitative estimate of drug-likeness (QED) is 0.892. The minimum atomic E-state index is -0.114. The molecule has 6 heteroatoms. The number of thiophene rings is 1. The summed E-state index contributed by atoms with van der Waals surface area (Å²) in [5, 5.41) is 3.44. The van der Waals surface area contributed by atoms with Gasteiger partial charge in [0.15, 0.2) is 0 Å². The molecule has 0 aliphatic rings. The van der Waals surface area contributed by atoms with Crippen molar-refractivity contribution in [2.45, 2.75) is 46.6 Å². The molecule has 0 aromatic carbocycles. The predicted octanol–water partition coefficient (Wildman–Crippen LogP) is 2.71. The Hall–Kier alpha value is -1.69. The molecular formula is C15H21N3O2S. The van der Waals surface area contributed by atoms with Gasteiger partial charge in [0.05, 0.1) is 16.6 Å². The Labute approximate surface area is 128 Å². The van der Waals surface area contributed by atoms with Crippen LogP contribution in [0.5, 0.6) is 0 Å². The Morgan fingerprint density at radius 1 is 1.38 bits per heavy atom. The van der Waals surface area contributed by atoms with Gasteiger partial charge >= 0.3 is 0 Å². The molecule has 2 heterocycles. The van der Waals surface area contributed by atoms with E-state index in [2.05, 4.69) is 17.2 Å². The van der Waals surface area contributed by atoms with E-state index >= 15 is 0 Å². The average Bonchev–Trinajstić information content (AvgIpc) is 2.82. The normalized spacial score (nSPS) is 11.0. The van der Waals surface area contributed by atoms with E-state index in [1.165, 1.54) is 11.3 Å². The van der Waals surface area contributed by atoms with Crippen LogP contribution >= 0.6 is 11.3 Å². The highest BCUT2D eigenvalue weighted by Gasteiger charge is 2.18. The molecule has 0 atom stereocenters. The fourth-order valence-corrected chi connectivity index (χ4v) is 3.24. The Bertz CT molecular complexity index is 703. The van der Waals surface area contributed by atoms with E-state index in [9.17, 15) is 9.59 Å².